The van der Waals surface area contributed by atoms with Gasteiger partial charge in [0.15, 0.2) is 12.2 Å². The minimum Gasteiger partial charge on any atom is -0.481 e. The summed E-state index contributed by atoms with van der Waals surface area (Å²) in [5, 5.41) is 11.4. The summed E-state index contributed by atoms with van der Waals surface area (Å²) >= 11 is 0. The van der Waals surface area contributed by atoms with Crippen LogP contribution in [0.25, 0.3) is 0 Å². The number of rotatable bonds is 7. The van der Waals surface area contributed by atoms with Crippen LogP contribution < -0.4 is 10.1 Å². The van der Waals surface area contributed by atoms with E-state index >= 15 is 0 Å². The SMILES string of the molecule is COC(CNC(=O)C(C)Oc1cccc(C(C)(C)C)c1)C(=O)O. The maximum absolute atomic E-state index is 12.0. The van der Waals surface area contributed by atoms with Crippen LogP contribution >= 0.6 is 0 Å². The van der Waals surface area contributed by atoms with E-state index < -0.39 is 24.1 Å². The third-order valence-electron chi connectivity index (χ3n) is 3.40. The Labute approximate surface area is 136 Å². The van der Waals surface area contributed by atoms with Gasteiger partial charge in [0.05, 0.1) is 6.54 Å². The van der Waals surface area contributed by atoms with Crippen molar-refractivity contribution in [2.45, 2.75) is 45.3 Å². The van der Waals surface area contributed by atoms with Crippen LogP contribution in [0.1, 0.15) is 33.3 Å². The third kappa shape index (κ3) is 5.90. The van der Waals surface area contributed by atoms with Crippen molar-refractivity contribution in [2.75, 3.05) is 13.7 Å². The Morgan fingerprint density at radius 1 is 1.30 bits per heavy atom. The molecular weight excluding hydrogens is 298 g/mol. The van der Waals surface area contributed by atoms with Gasteiger partial charge in [-0.1, -0.05) is 32.9 Å². The molecule has 128 valence electrons. The van der Waals surface area contributed by atoms with Crippen LogP contribution in [0.4, 0.5) is 0 Å². The van der Waals surface area contributed by atoms with E-state index in [1.54, 1.807) is 13.0 Å². The number of carboxylic acid groups (broad SMARTS) is 1. The lowest BCUT2D eigenvalue weighted by Crippen LogP contribution is -2.43. The largest absolute Gasteiger partial charge is 0.481 e. The summed E-state index contributed by atoms with van der Waals surface area (Å²) in [6.07, 6.45) is -1.81. The number of carbonyl (C=O) groups is 2. The molecule has 0 bridgehead atoms. The predicted molar refractivity (Wildman–Crippen MR) is 86.7 cm³/mol. The van der Waals surface area contributed by atoms with E-state index in [9.17, 15) is 9.59 Å². The Balaban J connectivity index is 2.63. The van der Waals surface area contributed by atoms with Crippen LogP contribution in [0.5, 0.6) is 5.75 Å². The van der Waals surface area contributed by atoms with Gasteiger partial charge in [0.1, 0.15) is 5.75 Å². The topological polar surface area (TPSA) is 84.9 Å². The summed E-state index contributed by atoms with van der Waals surface area (Å²) in [4.78, 5) is 22.8. The van der Waals surface area contributed by atoms with Crippen molar-refractivity contribution in [1.82, 2.24) is 5.32 Å². The van der Waals surface area contributed by atoms with Gasteiger partial charge in [-0.05, 0) is 30.0 Å². The zero-order valence-electron chi connectivity index (χ0n) is 14.3. The fraction of sp³-hybridized carbons (Fsp3) is 0.529. The van der Waals surface area contributed by atoms with Gasteiger partial charge in [0.2, 0.25) is 0 Å². The Hall–Kier alpha value is -2.08. The van der Waals surface area contributed by atoms with Crippen LogP contribution in [-0.4, -0.2) is 42.8 Å². The van der Waals surface area contributed by atoms with Crippen LogP contribution in [-0.2, 0) is 19.7 Å². The summed E-state index contributed by atoms with van der Waals surface area (Å²) in [5.41, 5.74) is 1.09. The van der Waals surface area contributed by atoms with E-state index in [2.05, 4.69) is 26.1 Å². The molecular formula is C17H25NO5. The van der Waals surface area contributed by atoms with Gasteiger partial charge in [-0.15, -0.1) is 0 Å². The standard InChI is InChI=1S/C17H25NO5/c1-11(15(19)18-10-14(22-5)16(20)21)23-13-8-6-7-12(9-13)17(2,3)4/h6-9,11,14H,10H2,1-5H3,(H,18,19)(H,20,21). The average molecular weight is 323 g/mol. The minimum absolute atomic E-state index is 0.0158. The number of ether oxygens (including phenoxy) is 2. The molecule has 2 unspecified atom stereocenters. The molecule has 0 saturated carbocycles. The second-order valence-corrected chi connectivity index (χ2v) is 6.35. The highest BCUT2D eigenvalue weighted by atomic mass is 16.5. The van der Waals surface area contributed by atoms with Crippen LogP contribution in [0, 0.1) is 0 Å². The molecule has 0 saturated heterocycles. The molecule has 1 aromatic carbocycles. The Kier molecular flexibility index (Phi) is 6.57. The van der Waals surface area contributed by atoms with Crippen molar-refractivity contribution in [3.05, 3.63) is 29.8 Å². The molecule has 0 aromatic heterocycles. The van der Waals surface area contributed by atoms with Crippen molar-refractivity contribution in [3.63, 3.8) is 0 Å². The summed E-state index contributed by atoms with van der Waals surface area (Å²) in [6.45, 7) is 7.79. The summed E-state index contributed by atoms with van der Waals surface area (Å²) in [5.74, 6) is -0.921. The highest BCUT2D eigenvalue weighted by Crippen LogP contribution is 2.26. The van der Waals surface area contributed by atoms with Gasteiger partial charge in [-0.3, -0.25) is 4.79 Å². The maximum atomic E-state index is 12.0. The number of nitrogens with one attached hydrogen (secondary N) is 1. The smallest absolute Gasteiger partial charge is 0.334 e. The average Bonchev–Trinajstić information content (AvgIpc) is 2.46. The molecule has 1 amide bonds. The highest BCUT2D eigenvalue weighted by Gasteiger charge is 2.21. The van der Waals surface area contributed by atoms with E-state index in [4.69, 9.17) is 14.6 Å². The molecule has 0 aliphatic carbocycles. The van der Waals surface area contributed by atoms with E-state index in [1.165, 1.54) is 7.11 Å². The van der Waals surface area contributed by atoms with E-state index in [-0.39, 0.29) is 12.0 Å². The van der Waals surface area contributed by atoms with Gasteiger partial charge in [-0.25, -0.2) is 4.79 Å². The molecule has 1 aromatic rings. The number of carbonyl (C=O) groups excluding carboxylic acids is 1. The van der Waals surface area contributed by atoms with Gasteiger partial charge >= 0.3 is 5.97 Å². The molecule has 0 fully saturated rings. The lowest BCUT2D eigenvalue weighted by molar-refractivity contribution is -0.148. The lowest BCUT2D eigenvalue weighted by atomic mass is 9.87. The van der Waals surface area contributed by atoms with Gasteiger partial charge in [0.25, 0.3) is 5.91 Å². The third-order valence-corrected chi connectivity index (χ3v) is 3.40. The van der Waals surface area contributed by atoms with E-state index in [1.807, 2.05) is 18.2 Å². The summed E-state index contributed by atoms with van der Waals surface area (Å²) in [6, 6.07) is 7.58. The quantitative estimate of drug-likeness (QED) is 0.801. The number of hydrogen-bond donors (Lipinski definition) is 2. The normalized spacial score (nSPS) is 14.0. The number of aliphatic carboxylic acids is 1. The lowest BCUT2D eigenvalue weighted by Gasteiger charge is -2.21. The molecule has 0 heterocycles. The first-order valence-electron chi connectivity index (χ1n) is 7.45. The first-order chi connectivity index (χ1) is 10.6. The molecule has 23 heavy (non-hydrogen) atoms. The number of methoxy groups -OCH3 is 1. The Morgan fingerprint density at radius 2 is 1.96 bits per heavy atom. The second-order valence-electron chi connectivity index (χ2n) is 6.35. The van der Waals surface area contributed by atoms with Crippen LogP contribution in [0.2, 0.25) is 0 Å². The van der Waals surface area contributed by atoms with Crippen molar-refractivity contribution >= 4 is 11.9 Å². The van der Waals surface area contributed by atoms with Crippen molar-refractivity contribution in [2.24, 2.45) is 0 Å². The summed E-state index contributed by atoms with van der Waals surface area (Å²) in [7, 11) is 1.28. The fourth-order valence-corrected chi connectivity index (χ4v) is 1.90. The number of carboxylic acids is 1. The van der Waals surface area contributed by atoms with Crippen molar-refractivity contribution in [3.8, 4) is 5.75 Å². The predicted octanol–water partition coefficient (Wildman–Crippen LogP) is 1.97. The second kappa shape index (κ2) is 7.97. The number of amides is 1. The molecule has 2 atom stereocenters. The van der Waals surface area contributed by atoms with Crippen molar-refractivity contribution < 1.29 is 24.2 Å². The maximum Gasteiger partial charge on any atom is 0.334 e. The molecule has 0 spiro atoms. The Bertz CT molecular complexity index is 550. The first-order valence-corrected chi connectivity index (χ1v) is 7.45. The number of hydrogen-bond acceptors (Lipinski definition) is 4. The zero-order valence-corrected chi connectivity index (χ0v) is 14.3. The van der Waals surface area contributed by atoms with Gasteiger partial charge in [0, 0.05) is 7.11 Å². The molecule has 2 N–H and O–H groups in total. The van der Waals surface area contributed by atoms with Gasteiger partial charge < -0.3 is 19.9 Å². The van der Waals surface area contributed by atoms with E-state index in [0.717, 1.165) is 5.56 Å². The first kappa shape index (κ1) is 19.0. The molecule has 6 heteroatoms. The molecule has 0 aliphatic heterocycles. The zero-order chi connectivity index (χ0) is 17.6. The van der Waals surface area contributed by atoms with E-state index in [0.29, 0.717) is 5.75 Å². The fourth-order valence-electron chi connectivity index (χ4n) is 1.90. The number of benzene rings is 1. The molecule has 1 rings (SSSR count). The van der Waals surface area contributed by atoms with Crippen LogP contribution in [0.3, 0.4) is 0 Å². The minimum atomic E-state index is -1.13. The molecule has 0 radical (unpaired) electrons. The molecule has 0 aliphatic rings. The highest BCUT2D eigenvalue weighted by molar-refractivity contribution is 5.81. The summed E-state index contributed by atoms with van der Waals surface area (Å²) < 4.78 is 10.4. The monoisotopic (exact) mass is 323 g/mol. The van der Waals surface area contributed by atoms with Gasteiger partial charge in [-0.2, -0.15) is 0 Å². The Morgan fingerprint density at radius 3 is 2.48 bits per heavy atom. The molecule has 6 nitrogen and oxygen atoms in total. The van der Waals surface area contributed by atoms with Crippen LogP contribution in [0.15, 0.2) is 24.3 Å². The van der Waals surface area contributed by atoms with Crippen molar-refractivity contribution in [1.29, 1.82) is 0 Å².